The fourth-order valence-corrected chi connectivity index (χ4v) is 5.63. The van der Waals surface area contributed by atoms with Crippen molar-refractivity contribution in [3.05, 3.63) is 40.6 Å². The number of carbonyl (C=O) groups is 2. The van der Waals surface area contributed by atoms with Crippen LogP contribution in [0.2, 0.25) is 0 Å². The summed E-state index contributed by atoms with van der Waals surface area (Å²) in [6.07, 6.45) is -1.08. The average Bonchev–Trinajstić information content (AvgIpc) is 3.31. The van der Waals surface area contributed by atoms with Crippen molar-refractivity contribution in [2.75, 3.05) is 23.9 Å². The zero-order valence-corrected chi connectivity index (χ0v) is 22.1. The third-order valence-electron chi connectivity index (χ3n) is 6.74. The van der Waals surface area contributed by atoms with Gasteiger partial charge in [-0.25, -0.2) is 13.1 Å². The highest BCUT2D eigenvalue weighted by Crippen LogP contribution is 2.44. The molecule has 2 aliphatic rings. The van der Waals surface area contributed by atoms with E-state index in [4.69, 9.17) is 4.74 Å². The van der Waals surface area contributed by atoms with E-state index in [0.717, 1.165) is 30.2 Å². The first-order valence-electron chi connectivity index (χ1n) is 12.5. The highest BCUT2D eigenvalue weighted by molar-refractivity contribution is 7.91. The van der Waals surface area contributed by atoms with Gasteiger partial charge in [0.2, 0.25) is 5.91 Å². The Balaban J connectivity index is 1.56. The maximum Gasteiger partial charge on any atom is 0.389 e. The molecule has 1 spiro atoms. The number of aryl methyl sites for hydroxylation is 2. The molecule has 4 rings (SSSR count). The van der Waals surface area contributed by atoms with Crippen LogP contribution in [-0.4, -0.2) is 54.8 Å². The number of halogens is 3. The van der Waals surface area contributed by atoms with E-state index in [-0.39, 0.29) is 24.4 Å². The minimum Gasteiger partial charge on any atom is -0.494 e. The van der Waals surface area contributed by atoms with E-state index in [1.54, 1.807) is 16.8 Å². The zero-order valence-electron chi connectivity index (χ0n) is 21.3. The van der Waals surface area contributed by atoms with E-state index < -0.39 is 45.5 Å². The molecule has 38 heavy (non-hydrogen) atoms. The molecular formula is C25H31F3N4O5S. The van der Waals surface area contributed by atoms with Crippen LogP contribution < -0.4 is 15.4 Å². The van der Waals surface area contributed by atoms with E-state index >= 15 is 0 Å². The number of unbranched alkanes of at least 4 members (excludes halogenated alkanes) is 1. The molecule has 0 radical (unpaired) electrons. The Bertz CT molecular complexity index is 1340. The predicted molar refractivity (Wildman–Crippen MR) is 134 cm³/mol. The van der Waals surface area contributed by atoms with E-state index in [0.29, 0.717) is 37.3 Å². The second-order valence-electron chi connectivity index (χ2n) is 9.96. The van der Waals surface area contributed by atoms with Crippen LogP contribution in [-0.2, 0) is 39.6 Å². The first-order valence-corrected chi connectivity index (χ1v) is 14.6. The van der Waals surface area contributed by atoms with Crippen LogP contribution in [0.5, 0.6) is 5.75 Å². The molecule has 1 aliphatic carbocycles. The van der Waals surface area contributed by atoms with Gasteiger partial charge >= 0.3 is 6.18 Å². The van der Waals surface area contributed by atoms with Gasteiger partial charge in [-0.2, -0.15) is 18.3 Å². The summed E-state index contributed by atoms with van der Waals surface area (Å²) in [5.74, 6) is -1.19. The SMILES string of the molecule is CCCCn1nc2c(c1NC(=O)CS(C)(=O)=O)C(=O)N[C@@]1(CCc3cc(OCCCC(F)(F)F)ccc31)C2. The van der Waals surface area contributed by atoms with E-state index in [1.807, 2.05) is 13.0 Å². The van der Waals surface area contributed by atoms with Gasteiger partial charge in [0.25, 0.3) is 5.91 Å². The fraction of sp³-hybridized carbons (Fsp3) is 0.560. The summed E-state index contributed by atoms with van der Waals surface area (Å²) in [6.45, 7) is 2.40. The number of anilines is 1. The number of sulfone groups is 1. The normalized spacial score (nSPS) is 18.7. The second-order valence-corrected chi connectivity index (χ2v) is 12.1. The summed E-state index contributed by atoms with van der Waals surface area (Å²) in [4.78, 5) is 25.8. The fourth-order valence-electron chi connectivity index (χ4n) is 5.08. The third-order valence-corrected chi connectivity index (χ3v) is 7.52. The van der Waals surface area contributed by atoms with Crippen LogP contribution in [0.25, 0.3) is 0 Å². The van der Waals surface area contributed by atoms with Crippen molar-refractivity contribution in [2.45, 2.75) is 70.1 Å². The molecule has 208 valence electrons. The lowest BCUT2D eigenvalue weighted by atomic mass is 9.82. The number of hydrogen-bond donors (Lipinski definition) is 2. The van der Waals surface area contributed by atoms with Gasteiger partial charge in [-0.05, 0) is 48.9 Å². The number of nitrogens with zero attached hydrogens (tertiary/aromatic N) is 2. The Kier molecular flexibility index (Phi) is 7.78. The first-order chi connectivity index (χ1) is 17.8. The van der Waals surface area contributed by atoms with Gasteiger partial charge in [0.15, 0.2) is 9.84 Å². The maximum absolute atomic E-state index is 13.4. The Morgan fingerprint density at radius 3 is 2.74 bits per heavy atom. The summed E-state index contributed by atoms with van der Waals surface area (Å²) in [5.41, 5.74) is 1.86. The number of fused-ring (bicyclic) bond motifs is 3. The van der Waals surface area contributed by atoms with Gasteiger partial charge in [0.1, 0.15) is 22.9 Å². The largest absolute Gasteiger partial charge is 0.494 e. The molecule has 2 N–H and O–H groups in total. The average molecular weight is 557 g/mol. The molecule has 1 aromatic heterocycles. The summed E-state index contributed by atoms with van der Waals surface area (Å²) < 4.78 is 67.4. The van der Waals surface area contributed by atoms with Crippen molar-refractivity contribution in [2.24, 2.45) is 0 Å². The molecule has 9 nitrogen and oxygen atoms in total. The van der Waals surface area contributed by atoms with Crippen LogP contribution in [0.3, 0.4) is 0 Å². The monoisotopic (exact) mass is 556 g/mol. The molecule has 0 unspecified atom stereocenters. The van der Waals surface area contributed by atoms with Crippen LogP contribution >= 0.6 is 0 Å². The van der Waals surface area contributed by atoms with Gasteiger partial charge in [-0.3, -0.25) is 9.59 Å². The van der Waals surface area contributed by atoms with Crippen molar-refractivity contribution in [3.63, 3.8) is 0 Å². The van der Waals surface area contributed by atoms with Gasteiger partial charge in [0.05, 0.1) is 17.8 Å². The van der Waals surface area contributed by atoms with E-state index in [9.17, 15) is 31.2 Å². The Morgan fingerprint density at radius 2 is 2.05 bits per heavy atom. The van der Waals surface area contributed by atoms with Crippen molar-refractivity contribution >= 4 is 27.5 Å². The number of hydrogen-bond acceptors (Lipinski definition) is 6. The molecule has 0 fully saturated rings. The lowest BCUT2D eigenvalue weighted by Gasteiger charge is -2.35. The molecule has 1 atom stereocenters. The van der Waals surface area contributed by atoms with E-state index in [2.05, 4.69) is 15.7 Å². The molecule has 0 saturated carbocycles. The summed E-state index contributed by atoms with van der Waals surface area (Å²) >= 11 is 0. The van der Waals surface area contributed by atoms with Crippen LogP contribution in [0, 0.1) is 0 Å². The van der Waals surface area contributed by atoms with Gasteiger partial charge in [-0.1, -0.05) is 19.4 Å². The number of ether oxygens (including phenoxy) is 1. The van der Waals surface area contributed by atoms with Gasteiger partial charge in [0, 0.05) is 25.6 Å². The minimum atomic E-state index is -4.22. The molecule has 0 bridgehead atoms. The summed E-state index contributed by atoms with van der Waals surface area (Å²) in [6, 6.07) is 5.32. The van der Waals surface area contributed by atoms with Crippen LogP contribution in [0.15, 0.2) is 18.2 Å². The van der Waals surface area contributed by atoms with Crippen molar-refractivity contribution in [3.8, 4) is 5.75 Å². The zero-order chi connectivity index (χ0) is 27.7. The standard InChI is InChI=1S/C25H31F3N4O5S/c1-3-4-11-32-22(29-20(33)15-38(2,35)36)21-19(31-32)14-24(30-23(21)34)10-8-16-13-17(6-7-18(16)24)37-12-5-9-25(26,27)28/h6-7,13H,3-5,8-12,14-15H2,1-2H3,(H,29,33)(H,30,34)/t24-/m0/s1. The highest BCUT2D eigenvalue weighted by atomic mass is 32.2. The molecule has 2 heterocycles. The lowest BCUT2D eigenvalue weighted by Crippen LogP contribution is -2.49. The molecule has 1 aliphatic heterocycles. The third kappa shape index (κ3) is 6.30. The van der Waals surface area contributed by atoms with Crippen molar-refractivity contribution < 1.29 is 35.9 Å². The van der Waals surface area contributed by atoms with Crippen LogP contribution in [0.4, 0.5) is 19.0 Å². The van der Waals surface area contributed by atoms with Crippen molar-refractivity contribution in [1.82, 2.24) is 15.1 Å². The molecule has 13 heteroatoms. The Labute approximate surface area is 219 Å². The van der Waals surface area contributed by atoms with Gasteiger partial charge in [-0.15, -0.1) is 0 Å². The van der Waals surface area contributed by atoms with Crippen molar-refractivity contribution in [1.29, 1.82) is 0 Å². The first kappa shape index (κ1) is 27.9. The quantitative estimate of drug-likeness (QED) is 0.433. The maximum atomic E-state index is 13.4. The summed E-state index contributed by atoms with van der Waals surface area (Å²) in [7, 11) is -3.56. The minimum absolute atomic E-state index is 0.0490. The van der Waals surface area contributed by atoms with Gasteiger partial charge < -0.3 is 15.4 Å². The molecule has 2 amide bonds. The molecule has 2 aromatic rings. The van der Waals surface area contributed by atoms with E-state index in [1.165, 1.54) is 0 Å². The topological polar surface area (TPSA) is 119 Å². The number of aromatic nitrogens is 2. The highest BCUT2D eigenvalue weighted by Gasteiger charge is 2.46. The van der Waals surface area contributed by atoms with Crippen LogP contribution in [0.1, 0.15) is 66.2 Å². The molecular weight excluding hydrogens is 525 g/mol. The molecule has 0 saturated heterocycles. The number of amides is 2. The Morgan fingerprint density at radius 1 is 1.29 bits per heavy atom. The number of rotatable bonds is 10. The number of alkyl halides is 3. The molecule has 1 aromatic carbocycles. The lowest BCUT2D eigenvalue weighted by molar-refractivity contribution is -0.136. The predicted octanol–water partition coefficient (Wildman–Crippen LogP) is 3.52. The number of benzene rings is 1. The Hall–Kier alpha value is -3.09. The number of nitrogens with one attached hydrogen (secondary N) is 2. The smallest absolute Gasteiger partial charge is 0.389 e. The summed E-state index contributed by atoms with van der Waals surface area (Å²) in [5, 5.41) is 10.3. The number of carbonyl (C=O) groups excluding carboxylic acids is 2. The second kappa shape index (κ2) is 10.6.